The molecular weight excluding hydrogens is 312 g/mol. The zero-order valence-corrected chi connectivity index (χ0v) is 14.0. The summed E-state index contributed by atoms with van der Waals surface area (Å²) >= 11 is 0. The summed E-state index contributed by atoms with van der Waals surface area (Å²) in [7, 11) is 0. The molecule has 0 aromatic heterocycles. The van der Waals surface area contributed by atoms with E-state index in [0.29, 0.717) is 11.4 Å². The van der Waals surface area contributed by atoms with Crippen LogP contribution in [0.1, 0.15) is 5.56 Å². The summed E-state index contributed by atoms with van der Waals surface area (Å²) in [4.78, 5) is 12.3. The first kappa shape index (κ1) is 16.6. The largest absolute Gasteiger partial charge is 0.455 e. The second-order valence-corrected chi connectivity index (χ2v) is 5.63. The third-order valence-corrected chi connectivity index (χ3v) is 3.72. The van der Waals surface area contributed by atoms with Crippen molar-refractivity contribution in [1.29, 1.82) is 0 Å². The van der Waals surface area contributed by atoms with Gasteiger partial charge in [0.05, 0.1) is 12.2 Å². The Labute approximate surface area is 147 Å². The van der Waals surface area contributed by atoms with Gasteiger partial charge in [0.25, 0.3) is 0 Å². The first-order valence-electron chi connectivity index (χ1n) is 8.13. The van der Waals surface area contributed by atoms with E-state index >= 15 is 0 Å². The maximum absolute atomic E-state index is 12.3. The van der Waals surface area contributed by atoms with Crippen LogP contribution in [0.25, 0.3) is 0 Å². The summed E-state index contributed by atoms with van der Waals surface area (Å²) in [5.41, 5.74) is 2.69. The van der Waals surface area contributed by atoms with Gasteiger partial charge in [0.15, 0.2) is 5.75 Å². The Morgan fingerprint density at radius 2 is 1.48 bits per heavy atom. The molecule has 126 valence electrons. The third-order valence-electron chi connectivity index (χ3n) is 3.72. The molecule has 0 saturated heterocycles. The van der Waals surface area contributed by atoms with Gasteiger partial charge in [0.2, 0.25) is 5.91 Å². The van der Waals surface area contributed by atoms with Crippen LogP contribution in [0.4, 0.5) is 11.4 Å². The smallest absolute Gasteiger partial charge is 0.243 e. The fraction of sp³-hybridized carbons (Fsp3) is 0.0952. The Morgan fingerprint density at radius 3 is 2.24 bits per heavy atom. The number of para-hydroxylation sites is 4. The molecule has 0 fully saturated rings. The second kappa shape index (κ2) is 8.02. The van der Waals surface area contributed by atoms with Gasteiger partial charge < -0.3 is 15.4 Å². The Balaban J connectivity index is 1.64. The highest BCUT2D eigenvalue weighted by atomic mass is 16.5. The van der Waals surface area contributed by atoms with Crippen LogP contribution >= 0.6 is 0 Å². The molecule has 25 heavy (non-hydrogen) atoms. The molecule has 4 heteroatoms. The normalized spacial score (nSPS) is 10.1. The molecule has 3 rings (SSSR count). The van der Waals surface area contributed by atoms with Crippen LogP contribution in [0.15, 0.2) is 78.9 Å². The van der Waals surface area contributed by atoms with E-state index in [1.807, 2.05) is 85.8 Å². The van der Waals surface area contributed by atoms with Crippen molar-refractivity contribution in [2.75, 3.05) is 17.2 Å². The number of carbonyl (C=O) groups excluding carboxylic acids is 1. The molecule has 0 radical (unpaired) electrons. The van der Waals surface area contributed by atoms with Crippen LogP contribution in [-0.4, -0.2) is 12.5 Å². The van der Waals surface area contributed by atoms with Crippen molar-refractivity contribution in [3.63, 3.8) is 0 Å². The average molecular weight is 332 g/mol. The van der Waals surface area contributed by atoms with Crippen LogP contribution in [0, 0.1) is 6.92 Å². The minimum atomic E-state index is -0.132. The average Bonchev–Trinajstić information content (AvgIpc) is 2.64. The van der Waals surface area contributed by atoms with E-state index in [1.54, 1.807) is 0 Å². The first-order valence-corrected chi connectivity index (χ1v) is 8.13. The second-order valence-electron chi connectivity index (χ2n) is 5.63. The molecular formula is C21H20N2O2. The van der Waals surface area contributed by atoms with Crippen LogP contribution in [-0.2, 0) is 4.79 Å². The SMILES string of the molecule is Cc1ccccc1NCC(=O)Nc1ccccc1Oc1ccccc1. The van der Waals surface area contributed by atoms with Crippen molar-refractivity contribution >= 4 is 17.3 Å². The van der Waals surface area contributed by atoms with Gasteiger partial charge in [-0.15, -0.1) is 0 Å². The number of amides is 1. The summed E-state index contributed by atoms with van der Waals surface area (Å²) < 4.78 is 5.86. The van der Waals surface area contributed by atoms with Gasteiger partial charge in [-0.3, -0.25) is 4.79 Å². The summed E-state index contributed by atoms with van der Waals surface area (Å²) in [5.74, 6) is 1.20. The van der Waals surface area contributed by atoms with Crippen LogP contribution in [0.2, 0.25) is 0 Å². The number of hydrogen-bond donors (Lipinski definition) is 2. The number of rotatable bonds is 6. The quantitative estimate of drug-likeness (QED) is 0.679. The van der Waals surface area contributed by atoms with Gasteiger partial charge in [-0.05, 0) is 42.8 Å². The lowest BCUT2D eigenvalue weighted by Crippen LogP contribution is -2.22. The molecule has 1 amide bonds. The Kier molecular flexibility index (Phi) is 5.32. The monoisotopic (exact) mass is 332 g/mol. The minimum Gasteiger partial charge on any atom is -0.455 e. The molecule has 0 unspecified atom stereocenters. The molecule has 0 heterocycles. The maximum Gasteiger partial charge on any atom is 0.243 e. The van der Waals surface area contributed by atoms with Crippen LogP contribution in [0.3, 0.4) is 0 Å². The number of carbonyl (C=O) groups is 1. The Bertz CT molecular complexity index is 847. The minimum absolute atomic E-state index is 0.132. The van der Waals surface area contributed by atoms with E-state index in [9.17, 15) is 4.79 Å². The number of ether oxygens (including phenoxy) is 1. The van der Waals surface area contributed by atoms with Crippen molar-refractivity contribution in [2.24, 2.45) is 0 Å². The fourth-order valence-corrected chi connectivity index (χ4v) is 2.42. The third kappa shape index (κ3) is 4.61. The molecule has 0 bridgehead atoms. The zero-order valence-electron chi connectivity index (χ0n) is 14.0. The standard InChI is InChI=1S/C21H20N2O2/c1-16-9-5-6-12-18(16)22-15-21(24)23-19-13-7-8-14-20(19)25-17-10-3-2-4-11-17/h2-14,22H,15H2,1H3,(H,23,24). The summed E-state index contributed by atoms with van der Waals surface area (Å²) in [6, 6.07) is 24.7. The number of hydrogen-bond acceptors (Lipinski definition) is 3. The highest BCUT2D eigenvalue weighted by Crippen LogP contribution is 2.29. The first-order chi connectivity index (χ1) is 12.2. The molecule has 0 aliphatic carbocycles. The topological polar surface area (TPSA) is 50.4 Å². The molecule has 0 saturated carbocycles. The zero-order chi connectivity index (χ0) is 17.5. The number of anilines is 2. The van der Waals surface area contributed by atoms with Crippen LogP contribution < -0.4 is 15.4 Å². The van der Waals surface area contributed by atoms with Gasteiger partial charge in [-0.1, -0.05) is 48.5 Å². The van der Waals surface area contributed by atoms with E-state index in [-0.39, 0.29) is 12.5 Å². The highest BCUT2D eigenvalue weighted by Gasteiger charge is 2.08. The Hall–Kier alpha value is -3.27. The summed E-state index contributed by atoms with van der Waals surface area (Å²) in [5, 5.41) is 6.04. The van der Waals surface area contributed by atoms with E-state index < -0.39 is 0 Å². The highest BCUT2D eigenvalue weighted by molar-refractivity contribution is 5.95. The lowest BCUT2D eigenvalue weighted by molar-refractivity contribution is -0.114. The molecule has 2 N–H and O–H groups in total. The van der Waals surface area contributed by atoms with Gasteiger partial charge in [-0.2, -0.15) is 0 Å². The molecule has 0 atom stereocenters. The predicted octanol–water partition coefficient (Wildman–Crippen LogP) is 4.84. The van der Waals surface area contributed by atoms with E-state index in [1.165, 1.54) is 0 Å². The maximum atomic E-state index is 12.3. The van der Waals surface area contributed by atoms with E-state index in [4.69, 9.17) is 4.74 Å². The number of benzene rings is 3. The van der Waals surface area contributed by atoms with Crippen molar-refractivity contribution in [3.8, 4) is 11.5 Å². The fourth-order valence-electron chi connectivity index (χ4n) is 2.42. The predicted molar refractivity (Wildman–Crippen MR) is 101 cm³/mol. The van der Waals surface area contributed by atoms with Crippen molar-refractivity contribution in [1.82, 2.24) is 0 Å². The van der Waals surface area contributed by atoms with Gasteiger partial charge >= 0.3 is 0 Å². The van der Waals surface area contributed by atoms with E-state index in [0.717, 1.165) is 17.0 Å². The lowest BCUT2D eigenvalue weighted by atomic mass is 10.2. The molecule has 0 aliphatic heterocycles. The molecule has 0 spiro atoms. The number of nitrogens with one attached hydrogen (secondary N) is 2. The van der Waals surface area contributed by atoms with Gasteiger partial charge in [0, 0.05) is 5.69 Å². The van der Waals surface area contributed by atoms with Gasteiger partial charge in [-0.25, -0.2) is 0 Å². The molecule has 3 aromatic rings. The van der Waals surface area contributed by atoms with Crippen molar-refractivity contribution in [2.45, 2.75) is 6.92 Å². The van der Waals surface area contributed by atoms with Crippen molar-refractivity contribution < 1.29 is 9.53 Å². The lowest BCUT2D eigenvalue weighted by Gasteiger charge is -2.13. The molecule has 0 aliphatic rings. The van der Waals surface area contributed by atoms with Gasteiger partial charge in [0.1, 0.15) is 5.75 Å². The summed E-state index contributed by atoms with van der Waals surface area (Å²) in [6.45, 7) is 2.19. The molecule has 4 nitrogen and oxygen atoms in total. The molecule has 3 aromatic carbocycles. The van der Waals surface area contributed by atoms with E-state index in [2.05, 4.69) is 10.6 Å². The Morgan fingerprint density at radius 1 is 0.840 bits per heavy atom. The number of aryl methyl sites for hydroxylation is 1. The summed E-state index contributed by atoms with van der Waals surface area (Å²) in [6.07, 6.45) is 0. The van der Waals surface area contributed by atoms with Crippen LogP contribution in [0.5, 0.6) is 11.5 Å². The van der Waals surface area contributed by atoms with Crippen molar-refractivity contribution in [3.05, 3.63) is 84.4 Å².